The lowest BCUT2D eigenvalue weighted by Crippen LogP contribution is -2.30. The molecule has 0 aliphatic carbocycles. The average molecular weight is 865 g/mol. The van der Waals surface area contributed by atoms with Gasteiger partial charge in [-0.05, 0) is 89.9 Å². The van der Waals surface area contributed by atoms with Gasteiger partial charge in [-0.15, -0.1) is 0 Å². The minimum absolute atomic E-state index is 0.0885. The van der Waals surface area contributed by atoms with Crippen LogP contribution in [-0.4, -0.2) is 37.2 Å². The van der Waals surface area contributed by atoms with Crippen molar-refractivity contribution in [1.82, 2.24) is 0 Å². The summed E-state index contributed by atoms with van der Waals surface area (Å²) in [4.78, 5) is 38.0. The largest absolute Gasteiger partial charge is 0.462 e. The number of allylic oxidation sites excluding steroid dienone is 12. The molecule has 0 saturated heterocycles. The molecule has 6 heteroatoms. The highest BCUT2D eigenvalue weighted by Gasteiger charge is 2.19. The summed E-state index contributed by atoms with van der Waals surface area (Å²) in [6.45, 7) is 6.46. The molecule has 0 unspecified atom stereocenters. The van der Waals surface area contributed by atoms with E-state index in [1.54, 1.807) is 0 Å². The minimum atomic E-state index is -0.791. The number of carbonyl (C=O) groups excluding carboxylic acids is 3. The molecule has 0 amide bonds. The number of unbranched alkanes of at least 4 members (excludes halogenated alkanes) is 23. The first-order chi connectivity index (χ1) is 30.5. The molecule has 0 rings (SSSR count). The Bertz CT molecular complexity index is 1180. The fourth-order valence-corrected chi connectivity index (χ4v) is 7.05. The molecule has 62 heavy (non-hydrogen) atoms. The van der Waals surface area contributed by atoms with Gasteiger partial charge in [0.05, 0.1) is 0 Å². The standard InChI is InChI=1S/C56H96O6/c1-4-7-10-13-16-19-22-25-27-28-30-31-34-37-40-43-46-49-55(58)61-52-53(51-60-54(57)48-45-42-39-36-33-24-21-18-15-12-9-6-3)62-56(59)50-47-44-41-38-35-32-29-26-23-20-17-14-11-8-5-2/h8,11,16-17,19-20,25-27,29-31,53H,4-7,9-10,12-15,18,21-24,28,32-52H2,1-3H3/b11-8-,19-16-,20-17-,27-25-,29-26-,31-30-/t53-/m0/s1. The van der Waals surface area contributed by atoms with Crippen LogP contribution in [0.2, 0.25) is 0 Å². The molecule has 0 aromatic heterocycles. The van der Waals surface area contributed by atoms with Gasteiger partial charge < -0.3 is 14.2 Å². The molecule has 356 valence electrons. The molecule has 0 bridgehead atoms. The van der Waals surface area contributed by atoms with Gasteiger partial charge in [0.1, 0.15) is 13.2 Å². The molecule has 0 saturated carbocycles. The van der Waals surface area contributed by atoms with E-state index in [9.17, 15) is 14.4 Å². The van der Waals surface area contributed by atoms with Crippen molar-refractivity contribution in [1.29, 1.82) is 0 Å². The highest BCUT2D eigenvalue weighted by atomic mass is 16.6. The average Bonchev–Trinajstić information content (AvgIpc) is 3.27. The van der Waals surface area contributed by atoms with Crippen LogP contribution in [0.4, 0.5) is 0 Å². The lowest BCUT2D eigenvalue weighted by atomic mass is 10.0. The van der Waals surface area contributed by atoms with E-state index in [4.69, 9.17) is 14.2 Å². The van der Waals surface area contributed by atoms with E-state index >= 15 is 0 Å². The van der Waals surface area contributed by atoms with Crippen LogP contribution in [0.1, 0.15) is 245 Å². The van der Waals surface area contributed by atoms with E-state index in [0.29, 0.717) is 19.3 Å². The normalized spacial score (nSPS) is 12.6. The Kier molecular flexibility index (Phi) is 47.9. The minimum Gasteiger partial charge on any atom is -0.462 e. The van der Waals surface area contributed by atoms with Gasteiger partial charge >= 0.3 is 17.9 Å². The number of esters is 3. The number of hydrogen-bond donors (Lipinski definition) is 0. The van der Waals surface area contributed by atoms with E-state index in [0.717, 1.165) is 122 Å². The molecule has 6 nitrogen and oxygen atoms in total. The van der Waals surface area contributed by atoms with Crippen molar-refractivity contribution < 1.29 is 28.6 Å². The third-order valence-electron chi connectivity index (χ3n) is 10.9. The summed E-state index contributed by atoms with van der Waals surface area (Å²) in [7, 11) is 0. The zero-order valence-corrected chi connectivity index (χ0v) is 40.6. The van der Waals surface area contributed by atoms with Gasteiger partial charge in [-0.1, -0.05) is 209 Å². The molecule has 0 aromatic carbocycles. The Hall–Kier alpha value is -3.15. The lowest BCUT2D eigenvalue weighted by molar-refractivity contribution is -0.167. The lowest BCUT2D eigenvalue weighted by Gasteiger charge is -2.18. The first-order valence-corrected chi connectivity index (χ1v) is 25.9. The van der Waals surface area contributed by atoms with Crippen molar-refractivity contribution in [3.63, 3.8) is 0 Å². The SMILES string of the molecule is CC/C=C\C/C=C\C/C=C\CCCCCCCC(=O)O[C@H](COC(=O)CCCCCC/C=C\C/C=C\C/C=C\CCCCC)COC(=O)CCCCCCCCCCCCCC. The summed E-state index contributed by atoms with van der Waals surface area (Å²) in [5, 5.41) is 0. The summed E-state index contributed by atoms with van der Waals surface area (Å²) in [6, 6.07) is 0. The smallest absolute Gasteiger partial charge is 0.306 e. The van der Waals surface area contributed by atoms with E-state index in [2.05, 4.69) is 93.7 Å². The zero-order chi connectivity index (χ0) is 45.1. The van der Waals surface area contributed by atoms with Gasteiger partial charge in [-0.3, -0.25) is 14.4 Å². The molecular weight excluding hydrogens is 769 g/mol. The molecule has 0 radical (unpaired) electrons. The highest BCUT2D eigenvalue weighted by molar-refractivity contribution is 5.71. The third kappa shape index (κ3) is 47.9. The second-order valence-electron chi connectivity index (χ2n) is 17.1. The Morgan fingerprint density at radius 2 is 0.629 bits per heavy atom. The summed E-state index contributed by atoms with van der Waals surface area (Å²) in [6.07, 6.45) is 63.1. The Morgan fingerprint density at radius 3 is 1.02 bits per heavy atom. The van der Waals surface area contributed by atoms with Gasteiger partial charge in [0.25, 0.3) is 0 Å². The second kappa shape index (κ2) is 50.5. The monoisotopic (exact) mass is 865 g/mol. The summed E-state index contributed by atoms with van der Waals surface area (Å²) in [5.41, 5.74) is 0. The molecule has 0 fully saturated rings. The summed E-state index contributed by atoms with van der Waals surface area (Å²) in [5.74, 6) is -0.926. The highest BCUT2D eigenvalue weighted by Crippen LogP contribution is 2.14. The van der Waals surface area contributed by atoms with Crippen LogP contribution in [0, 0.1) is 0 Å². The molecular formula is C56H96O6. The van der Waals surface area contributed by atoms with Crippen LogP contribution in [0.25, 0.3) is 0 Å². The van der Waals surface area contributed by atoms with E-state index in [1.807, 2.05) is 0 Å². The molecule has 1 atom stereocenters. The number of ether oxygens (including phenoxy) is 3. The van der Waals surface area contributed by atoms with Crippen LogP contribution >= 0.6 is 0 Å². The first kappa shape index (κ1) is 58.9. The maximum Gasteiger partial charge on any atom is 0.306 e. The third-order valence-corrected chi connectivity index (χ3v) is 10.9. The number of carbonyl (C=O) groups is 3. The molecule has 0 aromatic rings. The van der Waals surface area contributed by atoms with Crippen molar-refractivity contribution >= 4 is 17.9 Å². The maximum absolute atomic E-state index is 12.8. The fraction of sp³-hybridized carbons (Fsp3) is 0.732. The van der Waals surface area contributed by atoms with Crippen LogP contribution in [0.15, 0.2) is 72.9 Å². The van der Waals surface area contributed by atoms with Gasteiger partial charge in [0.2, 0.25) is 0 Å². The van der Waals surface area contributed by atoms with Crippen molar-refractivity contribution in [3.8, 4) is 0 Å². The zero-order valence-electron chi connectivity index (χ0n) is 40.6. The Balaban J connectivity index is 4.44. The quantitative estimate of drug-likeness (QED) is 0.0262. The van der Waals surface area contributed by atoms with Gasteiger partial charge in [-0.2, -0.15) is 0 Å². The summed E-state index contributed by atoms with van der Waals surface area (Å²) >= 11 is 0. The van der Waals surface area contributed by atoms with Crippen molar-refractivity contribution in [2.45, 2.75) is 252 Å². The van der Waals surface area contributed by atoms with Crippen LogP contribution < -0.4 is 0 Å². The number of hydrogen-bond acceptors (Lipinski definition) is 6. The molecule has 0 heterocycles. The molecule has 0 spiro atoms. The van der Waals surface area contributed by atoms with Crippen LogP contribution in [-0.2, 0) is 28.6 Å². The van der Waals surface area contributed by atoms with Gasteiger partial charge in [-0.25, -0.2) is 0 Å². The topological polar surface area (TPSA) is 78.9 Å². The molecule has 0 N–H and O–H groups in total. The molecule has 0 aliphatic heterocycles. The van der Waals surface area contributed by atoms with Crippen LogP contribution in [0.3, 0.4) is 0 Å². The van der Waals surface area contributed by atoms with Crippen molar-refractivity contribution in [3.05, 3.63) is 72.9 Å². The summed E-state index contributed by atoms with van der Waals surface area (Å²) < 4.78 is 16.8. The van der Waals surface area contributed by atoms with Crippen LogP contribution in [0.5, 0.6) is 0 Å². The van der Waals surface area contributed by atoms with Gasteiger partial charge in [0, 0.05) is 19.3 Å². The fourth-order valence-electron chi connectivity index (χ4n) is 7.05. The predicted molar refractivity (Wildman–Crippen MR) is 265 cm³/mol. The maximum atomic E-state index is 12.8. The van der Waals surface area contributed by atoms with E-state index in [-0.39, 0.29) is 31.1 Å². The molecule has 0 aliphatic rings. The van der Waals surface area contributed by atoms with Gasteiger partial charge in [0.15, 0.2) is 6.10 Å². The predicted octanol–water partition coefficient (Wildman–Crippen LogP) is 17.0. The van der Waals surface area contributed by atoms with Crippen molar-refractivity contribution in [2.75, 3.05) is 13.2 Å². The van der Waals surface area contributed by atoms with E-state index in [1.165, 1.54) is 83.5 Å². The Morgan fingerprint density at radius 1 is 0.339 bits per heavy atom. The first-order valence-electron chi connectivity index (χ1n) is 25.9. The Labute approximate surface area is 382 Å². The van der Waals surface area contributed by atoms with E-state index < -0.39 is 6.10 Å². The second-order valence-corrected chi connectivity index (χ2v) is 17.1. The number of rotatable bonds is 46. The van der Waals surface area contributed by atoms with Crippen molar-refractivity contribution in [2.24, 2.45) is 0 Å².